The highest BCUT2D eigenvalue weighted by atomic mass is 16.5. The van der Waals surface area contributed by atoms with Crippen molar-refractivity contribution in [3.63, 3.8) is 0 Å². The zero-order valence-corrected chi connectivity index (χ0v) is 8.31. The third-order valence-electron chi connectivity index (χ3n) is 2.94. The van der Waals surface area contributed by atoms with Crippen LogP contribution in [-0.4, -0.2) is 26.8 Å². The largest absolute Gasteiger partial charge is 0.383 e. The van der Waals surface area contributed by atoms with Gasteiger partial charge in [0.15, 0.2) is 0 Å². The first-order valence-corrected chi connectivity index (χ1v) is 5.04. The molecule has 0 aromatic rings. The maximum atomic E-state index is 5.19. The Labute approximate surface area is 75.7 Å². The van der Waals surface area contributed by atoms with E-state index in [-0.39, 0.29) is 0 Å². The minimum Gasteiger partial charge on any atom is -0.383 e. The lowest BCUT2D eigenvalue weighted by Gasteiger charge is -2.29. The predicted molar refractivity (Wildman–Crippen MR) is 51.3 cm³/mol. The molecule has 1 atom stereocenters. The molecular weight excluding hydrogens is 150 g/mol. The van der Waals surface area contributed by atoms with Gasteiger partial charge in [0.05, 0.1) is 6.61 Å². The number of ether oxygens (including phenoxy) is 1. The van der Waals surface area contributed by atoms with E-state index in [0.717, 1.165) is 12.5 Å². The lowest BCUT2D eigenvalue weighted by atomic mass is 9.84. The lowest BCUT2D eigenvalue weighted by molar-refractivity contribution is 0.129. The normalized spacial score (nSPS) is 22.5. The molecule has 1 aliphatic rings. The molecule has 0 aromatic carbocycles. The Morgan fingerprint density at radius 2 is 2.00 bits per heavy atom. The number of likely N-dealkylation sites (N-methyl/N-ethyl adjacent to an activating group) is 1. The molecule has 1 fully saturated rings. The van der Waals surface area contributed by atoms with Crippen molar-refractivity contribution in [1.82, 2.24) is 5.32 Å². The summed E-state index contributed by atoms with van der Waals surface area (Å²) in [7, 11) is 3.82. The molecule has 72 valence electrons. The molecule has 2 nitrogen and oxygen atoms in total. The number of nitrogens with one attached hydrogen (secondary N) is 1. The molecule has 0 bridgehead atoms. The van der Waals surface area contributed by atoms with Crippen LogP contribution in [0, 0.1) is 5.92 Å². The fraction of sp³-hybridized carbons (Fsp3) is 1.00. The summed E-state index contributed by atoms with van der Waals surface area (Å²) in [5, 5.41) is 3.35. The van der Waals surface area contributed by atoms with Gasteiger partial charge in [0.2, 0.25) is 0 Å². The van der Waals surface area contributed by atoms with Gasteiger partial charge in [-0.05, 0) is 25.8 Å². The van der Waals surface area contributed by atoms with Crippen molar-refractivity contribution in [2.24, 2.45) is 5.92 Å². The van der Waals surface area contributed by atoms with Crippen LogP contribution in [0.15, 0.2) is 0 Å². The van der Waals surface area contributed by atoms with Gasteiger partial charge in [-0.2, -0.15) is 0 Å². The Balaban J connectivity index is 2.29. The third-order valence-corrected chi connectivity index (χ3v) is 2.94. The average Bonchev–Trinajstić information content (AvgIpc) is 2.15. The molecule has 0 radical (unpaired) electrons. The topological polar surface area (TPSA) is 21.3 Å². The molecule has 0 amide bonds. The maximum Gasteiger partial charge on any atom is 0.0618 e. The van der Waals surface area contributed by atoms with Crippen LogP contribution in [0.1, 0.15) is 32.1 Å². The summed E-state index contributed by atoms with van der Waals surface area (Å²) in [5.41, 5.74) is 0. The Bertz CT molecular complexity index is 108. The molecule has 0 aliphatic heterocycles. The average molecular weight is 171 g/mol. The summed E-state index contributed by atoms with van der Waals surface area (Å²) in [5.74, 6) is 0.851. The van der Waals surface area contributed by atoms with Crippen molar-refractivity contribution >= 4 is 0 Å². The first-order chi connectivity index (χ1) is 5.88. The standard InChI is InChI=1S/C10H21NO/c1-11-10(8-12-2)9-6-4-3-5-7-9/h9-11H,3-8H2,1-2H3. The number of hydrogen-bond acceptors (Lipinski definition) is 2. The van der Waals surface area contributed by atoms with Crippen LogP contribution in [0.3, 0.4) is 0 Å². The molecule has 0 aromatic heterocycles. The highest BCUT2D eigenvalue weighted by Crippen LogP contribution is 2.26. The number of methoxy groups -OCH3 is 1. The van der Waals surface area contributed by atoms with Gasteiger partial charge >= 0.3 is 0 Å². The summed E-state index contributed by atoms with van der Waals surface area (Å²) in [6, 6.07) is 0.579. The lowest BCUT2D eigenvalue weighted by Crippen LogP contribution is -2.38. The smallest absolute Gasteiger partial charge is 0.0618 e. The van der Waals surface area contributed by atoms with Crippen LogP contribution < -0.4 is 5.32 Å². The quantitative estimate of drug-likeness (QED) is 0.696. The SMILES string of the molecule is CNC(COC)C1CCCCC1. The van der Waals surface area contributed by atoms with E-state index >= 15 is 0 Å². The van der Waals surface area contributed by atoms with Crippen LogP contribution in [-0.2, 0) is 4.74 Å². The van der Waals surface area contributed by atoms with Gasteiger partial charge in [0.25, 0.3) is 0 Å². The molecule has 0 heterocycles. The summed E-state index contributed by atoms with van der Waals surface area (Å²) in [4.78, 5) is 0. The molecule has 1 aliphatic carbocycles. The first kappa shape index (κ1) is 10.0. The fourth-order valence-corrected chi connectivity index (χ4v) is 2.17. The second kappa shape index (κ2) is 5.55. The summed E-state index contributed by atoms with van der Waals surface area (Å²) in [6.45, 7) is 0.862. The zero-order valence-electron chi connectivity index (χ0n) is 8.31. The van der Waals surface area contributed by atoms with Crippen molar-refractivity contribution in [1.29, 1.82) is 0 Å². The molecule has 0 spiro atoms. The van der Waals surface area contributed by atoms with Gasteiger partial charge in [0, 0.05) is 13.2 Å². The molecule has 1 saturated carbocycles. The fourth-order valence-electron chi connectivity index (χ4n) is 2.17. The molecule has 0 saturated heterocycles. The number of hydrogen-bond donors (Lipinski definition) is 1. The summed E-state index contributed by atoms with van der Waals surface area (Å²) >= 11 is 0. The van der Waals surface area contributed by atoms with Crippen molar-refractivity contribution in [2.45, 2.75) is 38.1 Å². The van der Waals surface area contributed by atoms with E-state index in [9.17, 15) is 0 Å². The van der Waals surface area contributed by atoms with Crippen LogP contribution >= 0.6 is 0 Å². The molecular formula is C10H21NO. The van der Waals surface area contributed by atoms with Crippen molar-refractivity contribution < 1.29 is 4.74 Å². The first-order valence-electron chi connectivity index (χ1n) is 5.04. The van der Waals surface area contributed by atoms with E-state index in [1.54, 1.807) is 7.11 Å². The van der Waals surface area contributed by atoms with E-state index in [2.05, 4.69) is 5.32 Å². The van der Waals surface area contributed by atoms with E-state index in [0.29, 0.717) is 6.04 Å². The van der Waals surface area contributed by atoms with Crippen molar-refractivity contribution in [2.75, 3.05) is 20.8 Å². The van der Waals surface area contributed by atoms with Crippen LogP contribution in [0.4, 0.5) is 0 Å². The van der Waals surface area contributed by atoms with Crippen LogP contribution in [0.5, 0.6) is 0 Å². The molecule has 2 heteroatoms. The second-order valence-corrected chi connectivity index (χ2v) is 3.75. The summed E-state index contributed by atoms with van der Waals surface area (Å²) in [6.07, 6.45) is 7.02. The highest BCUT2D eigenvalue weighted by molar-refractivity contribution is 4.77. The van der Waals surface area contributed by atoms with Gasteiger partial charge in [-0.3, -0.25) is 0 Å². The predicted octanol–water partition coefficient (Wildman–Crippen LogP) is 1.80. The Hall–Kier alpha value is -0.0800. The van der Waals surface area contributed by atoms with Crippen LogP contribution in [0.2, 0.25) is 0 Å². The molecule has 1 unspecified atom stereocenters. The monoisotopic (exact) mass is 171 g/mol. The number of rotatable bonds is 4. The highest BCUT2D eigenvalue weighted by Gasteiger charge is 2.21. The molecule has 1 N–H and O–H groups in total. The van der Waals surface area contributed by atoms with Gasteiger partial charge in [-0.25, -0.2) is 0 Å². The minimum atomic E-state index is 0.579. The Kier molecular flexibility index (Phi) is 4.62. The van der Waals surface area contributed by atoms with Gasteiger partial charge in [0.1, 0.15) is 0 Å². The van der Waals surface area contributed by atoms with E-state index in [1.807, 2.05) is 7.05 Å². The Morgan fingerprint density at radius 3 is 2.50 bits per heavy atom. The summed E-state index contributed by atoms with van der Waals surface area (Å²) < 4.78 is 5.19. The molecule has 1 rings (SSSR count). The van der Waals surface area contributed by atoms with E-state index < -0.39 is 0 Å². The van der Waals surface area contributed by atoms with Gasteiger partial charge < -0.3 is 10.1 Å². The Morgan fingerprint density at radius 1 is 1.33 bits per heavy atom. The third kappa shape index (κ3) is 2.76. The second-order valence-electron chi connectivity index (χ2n) is 3.75. The van der Waals surface area contributed by atoms with Crippen LogP contribution in [0.25, 0.3) is 0 Å². The zero-order chi connectivity index (χ0) is 8.81. The van der Waals surface area contributed by atoms with E-state index in [4.69, 9.17) is 4.74 Å². The molecule has 12 heavy (non-hydrogen) atoms. The minimum absolute atomic E-state index is 0.579. The van der Waals surface area contributed by atoms with Gasteiger partial charge in [-0.15, -0.1) is 0 Å². The van der Waals surface area contributed by atoms with E-state index in [1.165, 1.54) is 32.1 Å². The maximum absolute atomic E-state index is 5.19. The van der Waals surface area contributed by atoms with Gasteiger partial charge in [-0.1, -0.05) is 19.3 Å². The van der Waals surface area contributed by atoms with Crippen molar-refractivity contribution in [3.05, 3.63) is 0 Å². The van der Waals surface area contributed by atoms with Crippen molar-refractivity contribution in [3.8, 4) is 0 Å².